The van der Waals surface area contributed by atoms with Gasteiger partial charge in [-0.3, -0.25) is 4.57 Å². The van der Waals surface area contributed by atoms with Crippen LogP contribution in [0, 0.1) is 6.92 Å². The Morgan fingerprint density at radius 1 is 1.22 bits per heavy atom. The number of halogens is 1. The Bertz CT molecular complexity index is 925. The monoisotopic (exact) mass is 399 g/mol. The zero-order valence-electron chi connectivity index (χ0n) is 15.4. The first kappa shape index (κ1) is 19.5. The van der Waals surface area contributed by atoms with Crippen molar-refractivity contribution in [3.63, 3.8) is 0 Å². The van der Waals surface area contributed by atoms with Gasteiger partial charge in [0.25, 0.3) is 0 Å². The molecule has 2 aromatic carbocycles. The molecule has 0 spiro atoms. The van der Waals surface area contributed by atoms with Crippen LogP contribution >= 0.6 is 23.4 Å². The third kappa shape index (κ3) is 5.15. The summed E-state index contributed by atoms with van der Waals surface area (Å²) in [6, 6.07) is 15.8. The smallest absolute Gasteiger partial charge is 0.191 e. The highest BCUT2D eigenvalue weighted by molar-refractivity contribution is 7.98. The number of benzene rings is 2. The van der Waals surface area contributed by atoms with Crippen LogP contribution in [0.25, 0.3) is 0 Å². The molecule has 1 aromatic heterocycles. The lowest BCUT2D eigenvalue weighted by atomic mass is 10.2. The van der Waals surface area contributed by atoms with Crippen LogP contribution in [0.4, 0.5) is 0 Å². The minimum Gasteiger partial charge on any atom is -0.483 e. The van der Waals surface area contributed by atoms with E-state index in [2.05, 4.69) is 22.8 Å². The quantitative estimate of drug-likeness (QED) is 0.351. The average Bonchev–Trinajstić information content (AvgIpc) is 3.03. The molecule has 6 heteroatoms. The van der Waals surface area contributed by atoms with Gasteiger partial charge in [-0.05, 0) is 49.2 Å². The third-order valence-corrected chi connectivity index (χ3v) is 5.25. The number of hydrogen-bond acceptors (Lipinski definition) is 4. The first-order valence-electron chi connectivity index (χ1n) is 8.71. The predicted molar refractivity (Wildman–Crippen MR) is 111 cm³/mol. The van der Waals surface area contributed by atoms with Crippen LogP contribution < -0.4 is 4.74 Å². The summed E-state index contributed by atoms with van der Waals surface area (Å²) in [5.41, 5.74) is 2.30. The molecular weight excluding hydrogens is 378 g/mol. The van der Waals surface area contributed by atoms with Gasteiger partial charge < -0.3 is 4.74 Å². The van der Waals surface area contributed by atoms with Gasteiger partial charge in [0.15, 0.2) is 17.1 Å². The van der Waals surface area contributed by atoms with Crippen LogP contribution in [-0.4, -0.2) is 14.8 Å². The number of nitrogens with zero attached hydrogens (tertiary/aromatic N) is 3. The van der Waals surface area contributed by atoms with E-state index >= 15 is 0 Å². The average molecular weight is 400 g/mol. The second-order valence-electron chi connectivity index (χ2n) is 6.24. The standard InChI is InChI=1S/C21H22ClN3OS/c1-4-11-25-20(16(3)26-19-10-5-7-15(2)12-19)23-24-21(25)27-14-17-8-6-9-18(22)13-17/h4-10,12-13,16H,1,11,14H2,2-3H3. The fraction of sp³-hybridized carbons (Fsp3) is 0.238. The van der Waals surface area contributed by atoms with Crippen LogP contribution in [0.3, 0.4) is 0 Å². The summed E-state index contributed by atoms with van der Waals surface area (Å²) in [5.74, 6) is 2.37. The minimum absolute atomic E-state index is 0.222. The molecule has 0 radical (unpaired) electrons. The molecule has 1 atom stereocenters. The van der Waals surface area contributed by atoms with Crippen LogP contribution in [-0.2, 0) is 12.3 Å². The lowest BCUT2D eigenvalue weighted by Crippen LogP contribution is -2.12. The van der Waals surface area contributed by atoms with Crippen LogP contribution in [0.2, 0.25) is 5.02 Å². The Hall–Kier alpha value is -2.24. The van der Waals surface area contributed by atoms with Crippen molar-refractivity contribution in [2.75, 3.05) is 0 Å². The third-order valence-electron chi connectivity index (χ3n) is 3.98. The van der Waals surface area contributed by atoms with Gasteiger partial charge >= 0.3 is 0 Å². The second kappa shape index (κ2) is 9.11. The molecule has 1 heterocycles. The molecular formula is C21H22ClN3OS. The summed E-state index contributed by atoms with van der Waals surface area (Å²) in [5, 5.41) is 10.3. The zero-order valence-corrected chi connectivity index (χ0v) is 17.0. The number of hydrogen-bond donors (Lipinski definition) is 0. The van der Waals surface area contributed by atoms with E-state index in [1.54, 1.807) is 11.8 Å². The number of ether oxygens (including phenoxy) is 1. The van der Waals surface area contributed by atoms with Gasteiger partial charge in [-0.15, -0.1) is 16.8 Å². The Kier molecular flexibility index (Phi) is 6.58. The summed E-state index contributed by atoms with van der Waals surface area (Å²) in [4.78, 5) is 0. The molecule has 3 rings (SSSR count). The fourth-order valence-electron chi connectivity index (χ4n) is 2.73. The predicted octanol–water partition coefficient (Wildman–Crippen LogP) is 5.86. The van der Waals surface area contributed by atoms with Crippen molar-refractivity contribution < 1.29 is 4.74 Å². The normalized spacial score (nSPS) is 12.0. The van der Waals surface area contributed by atoms with Crippen molar-refractivity contribution >= 4 is 23.4 Å². The molecule has 1 unspecified atom stereocenters. The summed E-state index contributed by atoms with van der Waals surface area (Å²) in [6.07, 6.45) is 1.62. The molecule has 0 fully saturated rings. The van der Waals surface area contributed by atoms with E-state index in [-0.39, 0.29) is 6.10 Å². The lowest BCUT2D eigenvalue weighted by Gasteiger charge is -2.16. The van der Waals surface area contributed by atoms with Crippen molar-refractivity contribution in [3.8, 4) is 5.75 Å². The first-order valence-corrected chi connectivity index (χ1v) is 10.1. The molecule has 0 saturated carbocycles. The van der Waals surface area contributed by atoms with Crippen LogP contribution in [0.1, 0.15) is 30.0 Å². The molecule has 3 aromatic rings. The Morgan fingerprint density at radius 3 is 2.78 bits per heavy atom. The van der Waals surface area contributed by atoms with Gasteiger partial charge in [-0.2, -0.15) is 0 Å². The van der Waals surface area contributed by atoms with Gasteiger partial charge in [0.05, 0.1) is 0 Å². The highest BCUT2D eigenvalue weighted by Gasteiger charge is 2.19. The Balaban J connectivity index is 1.76. The molecule has 0 bridgehead atoms. The maximum Gasteiger partial charge on any atom is 0.191 e. The summed E-state index contributed by atoms with van der Waals surface area (Å²) in [7, 11) is 0. The fourth-order valence-corrected chi connectivity index (χ4v) is 3.84. The van der Waals surface area contributed by atoms with Crippen LogP contribution in [0.5, 0.6) is 5.75 Å². The maximum absolute atomic E-state index is 6.08. The highest BCUT2D eigenvalue weighted by atomic mass is 35.5. The van der Waals surface area contributed by atoms with E-state index in [1.807, 2.05) is 67.0 Å². The van der Waals surface area contributed by atoms with E-state index < -0.39 is 0 Å². The lowest BCUT2D eigenvalue weighted by molar-refractivity contribution is 0.210. The highest BCUT2D eigenvalue weighted by Crippen LogP contribution is 2.27. The Morgan fingerprint density at radius 2 is 2.04 bits per heavy atom. The molecule has 0 N–H and O–H groups in total. The van der Waals surface area contributed by atoms with Gasteiger partial charge in [0, 0.05) is 17.3 Å². The largest absolute Gasteiger partial charge is 0.483 e. The molecule has 0 amide bonds. The van der Waals surface area contributed by atoms with E-state index in [0.29, 0.717) is 6.54 Å². The number of aryl methyl sites for hydroxylation is 1. The van der Waals surface area contributed by atoms with Crippen molar-refractivity contribution in [3.05, 3.63) is 83.2 Å². The van der Waals surface area contributed by atoms with Gasteiger partial charge in [0.2, 0.25) is 0 Å². The summed E-state index contributed by atoms with van der Waals surface area (Å²) >= 11 is 7.69. The molecule has 4 nitrogen and oxygen atoms in total. The minimum atomic E-state index is -0.222. The molecule has 140 valence electrons. The number of aromatic nitrogens is 3. The van der Waals surface area contributed by atoms with Gasteiger partial charge in [0.1, 0.15) is 5.75 Å². The zero-order chi connectivity index (χ0) is 19.2. The Labute approximate surface area is 169 Å². The van der Waals surface area contributed by atoms with Crippen molar-refractivity contribution in [2.24, 2.45) is 0 Å². The van der Waals surface area contributed by atoms with Crippen LogP contribution in [0.15, 0.2) is 66.3 Å². The summed E-state index contributed by atoms with van der Waals surface area (Å²) in [6.45, 7) is 8.51. The van der Waals surface area contributed by atoms with Gasteiger partial charge in [-0.25, -0.2) is 0 Å². The molecule has 27 heavy (non-hydrogen) atoms. The van der Waals surface area contributed by atoms with E-state index in [0.717, 1.165) is 38.6 Å². The second-order valence-corrected chi connectivity index (χ2v) is 7.61. The van der Waals surface area contributed by atoms with Crippen molar-refractivity contribution in [1.29, 1.82) is 0 Å². The van der Waals surface area contributed by atoms with E-state index in [4.69, 9.17) is 16.3 Å². The van der Waals surface area contributed by atoms with E-state index in [9.17, 15) is 0 Å². The van der Waals surface area contributed by atoms with E-state index in [1.165, 1.54) is 0 Å². The topological polar surface area (TPSA) is 39.9 Å². The van der Waals surface area contributed by atoms with Crippen molar-refractivity contribution in [1.82, 2.24) is 14.8 Å². The number of allylic oxidation sites excluding steroid dienone is 1. The molecule has 0 aliphatic heterocycles. The first-order chi connectivity index (χ1) is 13.1. The maximum atomic E-state index is 6.08. The number of rotatable bonds is 8. The SMILES string of the molecule is C=CCn1c(SCc2cccc(Cl)c2)nnc1C(C)Oc1cccc(C)c1. The van der Waals surface area contributed by atoms with Gasteiger partial charge in [-0.1, -0.05) is 53.7 Å². The molecule has 0 aliphatic carbocycles. The molecule has 0 saturated heterocycles. The molecule has 0 aliphatic rings. The number of thioether (sulfide) groups is 1. The summed E-state index contributed by atoms with van der Waals surface area (Å²) < 4.78 is 8.12. The van der Waals surface area contributed by atoms with Crippen molar-refractivity contribution in [2.45, 2.75) is 37.4 Å².